The van der Waals surface area contributed by atoms with E-state index in [-0.39, 0.29) is 0 Å². The first-order chi connectivity index (χ1) is 13.3. The lowest BCUT2D eigenvalue weighted by atomic mass is 9.67. The van der Waals surface area contributed by atoms with E-state index in [4.69, 9.17) is 16.2 Å². The predicted molar refractivity (Wildman–Crippen MR) is 90.7 cm³/mol. The second-order valence-electron chi connectivity index (χ2n) is 6.79. The Morgan fingerprint density at radius 3 is 1.55 bits per heavy atom. The van der Waals surface area contributed by atoms with E-state index in [0.717, 1.165) is 4.90 Å². The van der Waals surface area contributed by atoms with Crippen molar-refractivity contribution in [2.24, 2.45) is 11.5 Å². The Morgan fingerprint density at radius 1 is 0.828 bits per heavy atom. The molecule has 164 valence electrons. The summed E-state index contributed by atoms with van der Waals surface area (Å²) in [5, 5.41) is 46.9. The molecule has 1 rings (SSSR count). The molecule has 1 heterocycles. The highest BCUT2D eigenvalue weighted by atomic mass is 16.5. The maximum atomic E-state index is 11.6. The van der Waals surface area contributed by atoms with Crippen molar-refractivity contribution in [3.05, 3.63) is 0 Å². The molecular formula is C15H23N3O11. The summed E-state index contributed by atoms with van der Waals surface area (Å²) in [5.74, 6) is -7.97. The smallest absolute Gasteiger partial charge is 0.317 e. The van der Waals surface area contributed by atoms with Crippen molar-refractivity contribution in [2.45, 2.75) is 49.0 Å². The number of nitrogens with two attached hydrogens (primary N) is 2. The van der Waals surface area contributed by atoms with Crippen LogP contribution in [0.25, 0.3) is 0 Å². The highest BCUT2D eigenvalue weighted by Crippen LogP contribution is 2.47. The van der Waals surface area contributed by atoms with Crippen LogP contribution in [0.15, 0.2) is 0 Å². The van der Waals surface area contributed by atoms with Crippen LogP contribution < -0.4 is 11.5 Å². The van der Waals surface area contributed by atoms with Crippen LogP contribution in [0, 0.1) is 0 Å². The van der Waals surface area contributed by atoms with Gasteiger partial charge in [0.05, 0.1) is 56.6 Å². The third-order valence-corrected chi connectivity index (χ3v) is 4.84. The number of carboxylic acids is 5. The Labute approximate surface area is 163 Å². The summed E-state index contributed by atoms with van der Waals surface area (Å²) >= 11 is 0. The van der Waals surface area contributed by atoms with Gasteiger partial charge in [0.2, 0.25) is 0 Å². The van der Waals surface area contributed by atoms with Gasteiger partial charge in [-0.2, -0.15) is 0 Å². The van der Waals surface area contributed by atoms with Crippen LogP contribution in [0.1, 0.15) is 25.7 Å². The molecule has 14 nitrogen and oxygen atoms in total. The number of hydrogen-bond donors (Lipinski definition) is 7. The molecule has 1 aliphatic rings. The average Bonchev–Trinajstić information content (AvgIpc) is 2.48. The summed E-state index contributed by atoms with van der Waals surface area (Å²) < 4.78 is 5.51. The summed E-state index contributed by atoms with van der Waals surface area (Å²) in [7, 11) is 0. The van der Waals surface area contributed by atoms with Crippen LogP contribution in [0.4, 0.5) is 0 Å². The van der Waals surface area contributed by atoms with Crippen molar-refractivity contribution in [1.82, 2.24) is 4.90 Å². The third kappa shape index (κ3) is 5.38. The molecule has 29 heavy (non-hydrogen) atoms. The molecule has 0 aromatic rings. The van der Waals surface area contributed by atoms with E-state index < -0.39 is 92.0 Å². The van der Waals surface area contributed by atoms with Gasteiger partial charge in [0.25, 0.3) is 0 Å². The molecule has 0 aromatic heterocycles. The van der Waals surface area contributed by atoms with Crippen molar-refractivity contribution in [3.8, 4) is 0 Å². The van der Waals surface area contributed by atoms with Crippen LogP contribution in [-0.4, -0.2) is 96.8 Å². The average molecular weight is 421 g/mol. The Morgan fingerprint density at radius 2 is 1.24 bits per heavy atom. The van der Waals surface area contributed by atoms with Crippen molar-refractivity contribution >= 4 is 29.8 Å². The summed E-state index contributed by atoms with van der Waals surface area (Å²) in [5.41, 5.74) is 6.51. The van der Waals surface area contributed by atoms with Gasteiger partial charge in [0.1, 0.15) is 5.60 Å². The number of morpholine rings is 1. The van der Waals surface area contributed by atoms with Crippen LogP contribution in [0.5, 0.6) is 0 Å². The lowest BCUT2D eigenvalue weighted by Gasteiger charge is -2.60. The van der Waals surface area contributed by atoms with Crippen LogP contribution >= 0.6 is 0 Å². The second kappa shape index (κ2) is 9.13. The van der Waals surface area contributed by atoms with Crippen LogP contribution in [-0.2, 0) is 28.7 Å². The van der Waals surface area contributed by atoms with Crippen LogP contribution in [0.3, 0.4) is 0 Å². The highest BCUT2D eigenvalue weighted by molar-refractivity contribution is 5.79. The van der Waals surface area contributed by atoms with Gasteiger partial charge < -0.3 is 41.7 Å². The number of rotatable bonds is 11. The quantitative estimate of drug-likeness (QED) is 0.169. The van der Waals surface area contributed by atoms with Crippen molar-refractivity contribution < 1.29 is 54.2 Å². The topological polar surface area (TPSA) is 251 Å². The maximum absolute atomic E-state index is 11.6. The summed E-state index contributed by atoms with van der Waals surface area (Å²) in [6.45, 7) is -1.51. The van der Waals surface area contributed by atoms with Gasteiger partial charge in [-0.05, 0) is 0 Å². The zero-order valence-electron chi connectivity index (χ0n) is 15.2. The van der Waals surface area contributed by atoms with E-state index in [1.165, 1.54) is 0 Å². The molecule has 0 saturated carbocycles. The van der Waals surface area contributed by atoms with Gasteiger partial charge in [-0.25, -0.2) is 0 Å². The lowest BCUT2D eigenvalue weighted by molar-refractivity contribution is -0.240. The molecule has 1 atom stereocenters. The Hall–Kier alpha value is -2.81. The molecule has 0 aromatic carbocycles. The molecule has 1 unspecified atom stereocenters. The number of carbonyl (C=O) groups is 5. The Balaban J connectivity index is 3.88. The SMILES string of the molecule is NC(N)C1COC(CC(=O)O)(CC(=O)O)C(CC(=O)O)(CC(=O)O)N1CC(=O)O. The van der Waals surface area contributed by atoms with Gasteiger partial charge in [0.15, 0.2) is 0 Å². The molecule has 0 radical (unpaired) electrons. The third-order valence-electron chi connectivity index (χ3n) is 4.84. The fourth-order valence-corrected chi connectivity index (χ4v) is 3.85. The molecule has 1 saturated heterocycles. The first-order valence-corrected chi connectivity index (χ1v) is 8.27. The van der Waals surface area contributed by atoms with Gasteiger partial charge in [-0.1, -0.05) is 0 Å². The minimum Gasteiger partial charge on any atom is -0.481 e. The minimum atomic E-state index is -2.39. The summed E-state index contributed by atoms with van der Waals surface area (Å²) in [4.78, 5) is 58.6. The number of nitrogens with zero attached hydrogens (tertiary/aromatic N) is 1. The highest BCUT2D eigenvalue weighted by Gasteiger charge is 2.64. The number of hydrogen-bond acceptors (Lipinski definition) is 9. The number of ether oxygens (including phenoxy) is 1. The first-order valence-electron chi connectivity index (χ1n) is 8.27. The Kier molecular flexibility index (Phi) is 7.62. The molecule has 9 N–H and O–H groups in total. The van der Waals surface area contributed by atoms with E-state index in [9.17, 15) is 49.5 Å². The standard InChI is InChI=1S/C15H23N3O11/c16-13(17)7-6-29-15(3-10(23)24,4-11(25)26)14(1-8(19)20,2-9(21)22)18(7)5-12(27)28/h7,13H,1-6,16-17H2,(H,19,20)(H,21,22)(H,23,24)(H,25,26)(H,27,28). The Bertz CT molecular complexity index is 661. The van der Waals surface area contributed by atoms with Crippen molar-refractivity contribution in [2.75, 3.05) is 13.2 Å². The van der Waals surface area contributed by atoms with Gasteiger partial charge in [-0.3, -0.25) is 28.9 Å². The molecule has 0 amide bonds. The number of aliphatic carboxylic acids is 5. The fourth-order valence-electron chi connectivity index (χ4n) is 3.85. The molecule has 1 fully saturated rings. The van der Waals surface area contributed by atoms with E-state index in [0.29, 0.717) is 0 Å². The largest absolute Gasteiger partial charge is 0.481 e. The van der Waals surface area contributed by atoms with E-state index >= 15 is 0 Å². The monoisotopic (exact) mass is 421 g/mol. The maximum Gasteiger partial charge on any atom is 0.317 e. The molecule has 1 aliphatic heterocycles. The molecule has 14 heteroatoms. The molecule has 0 bridgehead atoms. The summed E-state index contributed by atoms with van der Waals surface area (Å²) in [6, 6.07) is -1.22. The molecule has 0 spiro atoms. The fraction of sp³-hybridized carbons (Fsp3) is 0.667. The first kappa shape index (κ1) is 24.2. The van der Waals surface area contributed by atoms with E-state index in [1.54, 1.807) is 0 Å². The molecular weight excluding hydrogens is 398 g/mol. The molecule has 0 aliphatic carbocycles. The summed E-state index contributed by atoms with van der Waals surface area (Å²) in [6.07, 6.45) is -5.78. The zero-order valence-corrected chi connectivity index (χ0v) is 15.2. The van der Waals surface area contributed by atoms with E-state index in [1.807, 2.05) is 0 Å². The predicted octanol–water partition coefficient (Wildman–Crippen LogP) is -2.61. The number of carboxylic acid groups (broad SMARTS) is 5. The van der Waals surface area contributed by atoms with Crippen molar-refractivity contribution in [3.63, 3.8) is 0 Å². The zero-order chi connectivity index (χ0) is 22.6. The normalized spacial score (nSPS) is 20.9. The van der Waals surface area contributed by atoms with Crippen LogP contribution in [0.2, 0.25) is 0 Å². The van der Waals surface area contributed by atoms with Gasteiger partial charge in [-0.15, -0.1) is 0 Å². The second-order valence-corrected chi connectivity index (χ2v) is 6.79. The van der Waals surface area contributed by atoms with E-state index in [2.05, 4.69) is 0 Å². The van der Waals surface area contributed by atoms with Gasteiger partial charge in [0, 0.05) is 0 Å². The lowest BCUT2D eigenvalue weighted by Crippen LogP contribution is -2.77. The minimum absolute atomic E-state index is 0.535. The van der Waals surface area contributed by atoms with Crippen molar-refractivity contribution in [1.29, 1.82) is 0 Å². The van der Waals surface area contributed by atoms with Gasteiger partial charge >= 0.3 is 29.8 Å².